The molecule has 0 unspecified atom stereocenters. The maximum Gasteiger partial charge on any atom is 0.0736 e. The summed E-state index contributed by atoms with van der Waals surface area (Å²) in [6.07, 6.45) is 0. The molecule has 2 heteroatoms. The Bertz CT molecular complexity index is 2850. The van der Waals surface area contributed by atoms with Crippen molar-refractivity contribution in [3.05, 3.63) is 235 Å². The molecule has 258 valence electrons. The van der Waals surface area contributed by atoms with Gasteiger partial charge < -0.3 is 4.90 Å². The van der Waals surface area contributed by atoms with E-state index < -0.39 is 5.41 Å². The van der Waals surface area contributed by atoms with Crippen molar-refractivity contribution in [1.82, 2.24) is 0 Å². The van der Waals surface area contributed by atoms with Crippen molar-refractivity contribution in [3.63, 3.8) is 0 Å². The number of hydrogen-bond acceptors (Lipinski definition) is 2. The molecule has 0 atom stereocenters. The van der Waals surface area contributed by atoms with Gasteiger partial charge in [-0.15, -0.1) is 0 Å². The third-order valence-electron chi connectivity index (χ3n) is 11.5. The van der Waals surface area contributed by atoms with E-state index in [0.29, 0.717) is 0 Å². The lowest BCUT2D eigenvalue weighted by atomic mass is 9.67. The number of para-hydroxylation sites is 1. The van der Waals surface area contributed by atoms with E-state index in [1.54, 1.807) is 0 Å². The molecule has 1 spiro atoms. The Balaban J connectivity index is 1.27. The highest BCUT2D eigenvalue weighted by atomic mass is 32.2. The van der Waals surface area contributed by atoms with Gasteiger partial charge >= 0.3 is 0 Å². The van der Waals surface area contributed by atoms with Crippen molar-refractivity contribution in [1.29, 1.82) is 0 Å². The summed E-state index contributed by atoms with van der Waals surface area (Å²) in [7, 11) is 0. The Hall–Kier alpha value is -6.61. The van der Waals surface area contributed by atoms with Crippen LogP contribution in [0.25, 0.3) is 44.2 Å². The fourth-order valence-electron chi connectivity index (χ4n) is 9.20. The van der Waals surface area contributed by atoms with Crippen LogP contribution in [0.15, 0.2) is 222 Å². The first kappa shape index (κ1) is 31.9. The molecule has 9 aromatic carbocycles. The molecule has 0 fully saturated rings. The minimum absolute atomic E-state index is 0.495. The van der Waals surface area contributed by atoms with Gasteiger partial charge in [0, 0.05) is 26.4 Å². The molecule has 0 radical (unpaired) electrons. The van der Waals surface area contributed by atoms with E-state index in [2.05, 4.69) is 217 Å². The average Bonchev–Trinajstić information content (AvgIpc) is 3.55. The van der Waals surface area contributed by atoms with Crippen molar-refractivity contribution >= 4 is 39.6 Å². The third kappa shape index (κ3) is 4.82. The van der Waals surface area contributed by atoms with E-state index in [-0.39, 0.29) is 0 Å². The van der Waals surface area contributed by atoms with Crippen molar-refractivity contribution < 1.29 is 0 Å². The SMILES string of the molecule is c1ccc(-c2ccc(N(c3ccccc3-c3ccccc3)c3c4c(cc5ccccc35)C3(c5ccccc5S4)c4ccccc4-c4ccccc43)cc2)cc1. The Morgan fingerprint density at radius 2 is 0.909 bits per heavy atom. The topological polar surface area (TPSA) is 3.24 Å². The molecule has 1 aliphatic heterocycles. The van der Waals surface area contributed by atoms with E-state index in [1.165, 1.54) is 81.9 Å². The van der Waals surface area contributed by atoms with Gasteiger partial charge in [0.1, 0.15) is 0 Å². The summed E-state index contributed by atoms with van der Waals surface area (Å²) in [6.45, 7) is 0. The smallest absolute Gasteiger partial charge is 0.0736 e. The first-order valence-corrected chi connectivity index (χ1v) is 19.8. The zero-order valence-corrected chi connectivity index (χ0v) is 30.9. The van der Waals surface area contributed by atoms with Crippen molar-refractivity contribution in [2.24, 2.45) is 0 Å². The minimum Gasteiger partial charge on any atom is -0.308 e. The van der Waals surface area contributed by atoms with Gasteiger partial charge in [0.2, 0.25) is 0 Å². The maximum atomic E-state index is 2.54. The predicted octanol–water partition coefficient (Wildman–Crippen LogP) is 14.5. The molecule has 0 N–H and O–H groups in total. The number of benzene rings is 9. The van der Waals surface area contributed by atoms with Crippen LogP contribution >= 0.6 is 11.8 Å². The van der Waals surface area contributed by atoms with Crippen molar-refractivity contribution in [3.8, 4) is 33.4 Å². The van der Waals surface area contributed by atoms with E-state index in [9.17, 15) is 0 Å². The first-order valence-electron chi connectivity index (χ1n) is 18.9. The highest BCUT2D eigenvalue weighted by Gasteiger charge is 2.51. The van der Waals surface area contributed by atoms with Gasteiger partial charge in [0.15, 0.2) is 0 Å². The monoisotopic (exact) mass is 717 g/mol. The van der Waals surface area contributed by atoms with Gasteiger partial charge in [-0.1, -0.05) is 194 Å². The molecule has 0 saturated heterocycles. The molecule has 9 aromatic rings. The minimum atomic E-state index is -0.495. The number of anilines is 3. The fraction of sp³-hybridized carbons (Fsp3) is 0.0189. The largest absolute Gasteiger partial charge is 0.308 e. The van der Waals surface area contributed by atoms with Crippen molar-refractivity contribution in [2.45, 2.75) is 15.2 Å². The summed E-state index contributed by atoms with van der Waals surface area (Å²) in [5.74, 6) is 0. The molecule has 55 heavy (non-hydrogen) atoms. The molecule has 1 aliphatic carbocycles. The molecule has 1 nitrogen and oxygen atoms in total. The van der Waals surface area contributed by atoms with Crippen LogP contribution in [-0.2, 0) is 5.41 Å². The summed E-state index contributed by atoms with van der Waals surface area (Å²) < 4.78 is 0. The van der Waals surface area contributed by atoms with Crippen LogP contribution in [0.2, 0.25) is 0 Å². The molecule has 1 heterocycles. The average molecular weight is 718 g/mol. The Morgan fingerprint density at radius 1 is 0.382 bits per heavy atom. The Morgan fingerprint density at radius 3 is 1.62 bits per heavy atom. The predicted molar refractivity (Wildman–Crippen MR) is 231 cm³/mol. The molecule has 2 aliphatic rings. The number of nitrogens with zero attached hydrogens (tertiary/aromatic N) is 1. The van der Waals surface area contributed by atoms with Crippen LogP contribution in [0.5, 0.6) is 0 Å². The molecule has 11 rings (SSSR count). The fourth-order valence-corrected chi connectivity index (χ4v) is 10.5. The lowest BCUT2D eigenvalue weighted by Crippen LogP contribution is -2.32. The maximum absolute atomic E-state index is 2.54. The summed E-state index contributed by atoms with van der Waals surface area (Å²) in [4.78, 5) is 5.10. The third-order valence-corrected chi connectivity index (χ3v) is 12.7. The first-order chi connectivity index (χ1) is 27.3. The van der Waals surface area contributed by atoms with Gasteiger partial charge in [-0.05, 0) is 85.8 Å². The standard InChI is InChI=1S/C53H35NS/c1-3-17-36(18-4-1)37-31-33-40(34-32-37)54(49-29-15-11-22-41(49)38-19-5-2-6-20-38)51-42-23-8-7-21-39(42)35-48-52(51)55-50-30-16-14-28-47(50)53(48)45-26-12-9-24-43(45)44-25-10-13-27-46(44)53/h1-35H. The van der Waals surface area contributed by atoms with Crippen LogP contribution in [0.3, 0.4) is 0 Å². The highest BCUT2D eigenvalue weighted by molar-refractivity contribution is 7.99. The summed E-state index contributed by atoms with van der Waals surface area (Å²) >= 11 is 1.91. The van der Waals surface area contributed by atoms with Gasteiger partial charge in [0.25, 0.3) is 0 Å². The lowest BCUT2D eigenvalue weighted by Gasteiger charge is -2.42. The summed E-state index contributed by atoms with van der Waals surface area (Å²) in [6, 6.07) is 78.3. The molecule has 0 saturated carbocycles. The van der Waals surface area contributed by atoms with Gasteiger partial charge in [-0.2, -0.15) is 0 Å². The normalized spacial score (nSPS) is 13.2. The lowest BCUT2D eigenvalue weighted by molar-refractivity contribution is 0.724. The van der Waals surface area contributed by atoms with Crippen LogP contribution in [-0.4, -0.2) is 0 Å². The zero-order valence-electron chi connectivity index (χ0n) is 30.1. The molecule has 0 aromatic heterocycles. The molecule has 0 bridgehead atoms. The van der Waals surface area contributed by atoms with Crippen LogP contribution < -0.4 is 4.90 Å². The molecule has 0 amide bonds. The zero-order chi connectivity index (χ0) is 36.3. The highest BCUT2D eigenvalue weighted by Crippen LogP contribution is 2.65. The van der Waals surface area contributed by atoms with E-state index in [1.807, 2.05) is 11.8 Å². The molecular weight excluding hydrogens is 683 g/mol. The van der Waals surface area contributed by atoms with Gasteiger partial charge in [0.05, 0.1) is 16.8 Å². The van der Waals surface area contributed by atoms with Crippen molar-refractivity contribution in [2.75, 3.05) is 4.90 Å². The van der Waals surface area contributed by atoms with Gasteiger partial charge in [-0.3, -0.25) is 0 Å². The van der Waals surface area contributed by atoms with Crippen LogP contribution in [0.4, 0.5) is 17.1 Å². The second-order valence-corrected chi connectivity index (χ2v) is 15.4. The second kappa shape index (κ2) is 12.8. The Kier molecular flexibility index (Phi) is 7.40. The summed E-state index contributed by atoms with van der Waals surface area (Å²) in [5, 5.41) is 2.44. The van der Waals surface area contributed by atoms with Gasteiger partial charge in [-0.25, -0.2) is 0 Å². The van der Waals surface area contributed by atoms with E-state index in [0.717, 1.165) is 11.4 Å². The van der Waals surface area contributed by atoms with Crippen LogP contribution in [0, 0.1) is 0 Å². The number of hydrogen-bond donors (Lipinski definition) is 0. The second-order valence-electron chi connectivity index (χ2n) is 14.4. The quantitative estimate of drug-likeness (QED) is 0.174. The number of fused-ring (bicyclic) bond motifs is 10. The van der Waals surface area contributed by atoms with Crippen LogP contribution in [0.1, 0.15) is 22.3 Å². The Labute approximate surface area is 326 Å². The number of rotatable bonds is 5. The molecular formula is C53H35NS. The van der Waals surface area contributed by atoms with E-state index in [4.69, 9.17) is 0 Å². The van der Waals surface area contributed by atoms with E-state index >= 15 is 0 Å². The summed E-state index contributed by atoms with van der Waals surface area (Å²) in [5.41, 5.74) is 15.7.